The average molecular weight is 319 g/mol. The molecule has 116 valence electrons. The Morgan fingerprint density at radius 2 is 2.18 bits per heavy atom. The van der Waals surface area contributed by atoms with E-state index in [9.17, 15) is 9.59 Å². The van der Waals surface area contributed by atoms with E-state index in [-0.39, 0.29) is 11.9 Å². The van der Waals surface area contributed by atoms with Crippen LogP contribution >= 0.6 is 11.6 Å². The molecular formula is C17H19ClN2O2. The van der Waals surface area contributed by atoms with Gasteiger partial charge in [-0.15, -0.1) is 0 Å². The minimum absolute atomic E-state index is 0.185. The number of halogens is 1. The Bertz CT molecular complexity index is 723. The lowest BCUT2D eigenvalue weighted by Crippen LogP contribution is -2.46. The maximum Gasteiger partial charge on any atom is 0.295 e. The van der Waals surface area contributed by atoms with Crippen LogP contribution < -0.4 is 0 Å². The van der Waals surface area contributed by atoms with Gasteiger partial charge in [0.15, 0.2) is 0 Å². The first-order valence-corrected chi connectivity index (χ1v) is 8.11. The lowest BCUT2D eigenvalue weighted by Gasteiger charge is -2.34. The first-order chi connectivity index (χ1) is 10.6. The number of piperidine rings is 1. The van der Waals surface area contributed by atoms with Crippen LogP contribution in [0.4, 0.5) is 0 Å². The highest BCUT2D eigenvalue weighted by molar-refractivity contribution is 6.45. The fourth-order valence-electron chi connectivity index (χ4n) is 3.22. The van der Waals surface area contributed by atoms with Gasteiger partial charge in [-0.1, -0.05) is 24.6 Å². The predicted molar refractivity (Wildman–Crippen MR) is 87.3 cm³/mol. The number of amides is 1. The maximum absolute atomic E-state index is 12.6. The fraction of sp³-hybridized carbons (Fsp3) is 0.412. The van der Waals surface area contributed by atoms with Crippen molar-refractivity contribution in [3.63, 3.8) is 0 Å². The molecule has 1 aliphatic heterocycles. The molecule has 1 aromatic carbocycles. The van der Waals surface area contributed by atoms with Crippen molar-refractivity contribution in [2.24, 2.45) is 0 Å². The maximum atomic E-state index is 12.6. The van der Waals surface area contributed by atoms with E-state index < -0.39 is 5.78 Å². The zero-order valence-electron chi connectivity index (χ0n) is 12.6. The van der Waals surface area contributed by atoms with Gasteiger partial charge in [0.2, 0.25) is 0 Å². The molecule has 1 atom stereocenters. The quantitative estimate of drug-likeness (QED) is 0.691. The van der Waals surface area contributed by atoms with Gasteiger partial charge in [-0.3, -0.25) is 9.59 Å². The van der Waals surface area contributed by atoms with Crippen molar-refractivity contribution in [1.29, 1.82) is 0 Å². The number of carbonyl (C=O) groups excluding carboxylic acids is 2. The van der Waals surface area contributed by atoms with E-state index in [1.807, 2.05) is 0 Å². The number of ketones is 1. The third-order valence-electron chi connectivity index (χ3n) is 4.44. The molecule has 0 radical (unpaired) electrons. The molecule has 1 amide bonds. The van der Waals surface area contributed by atoms with E-state index >= 15 is 0 Å². The van der Waals surface area contributed by atoms with Gasteiger partial charge in [0.05, 0.1) is 5.56 Å². The van der Waals surface area contributed by atoms with Gasteiger partial charge >= 0.3 is 0 Å². The van der Waals surface area contributed by atoms with Crippen molar-refractivity contribution in [3.05, 3.63) is 35.0 Å². The van der Waals surface area contributed by atoms with Crippen molar-refractivity contribution in [1.82, 2.24) is 9.88 Å². The Morgan fingerprint density at radius 1 is 1.36 bits per heavy atom. The fourth-order valence-corrected chi connectivity index (χ4v) is 3.40. The molecule has 0 bridgehead atoms. The minimum Gasteiger partial charge on any atom is -0.360 e. The van der Waals surface area contributed by atoms with Crippen LogP contribution in [0.5, 0.6) is 0 Å². The zero-order valence-corrected chi connectivity index (χ0v) is 13.3. The number of aromatic nitrogens is 1. The number of benzene rings is 1. The summed E-state index contributed by atoms with van der Waals surface area (Å²) in [5.74, 6) is -0.823. The molecule has 1 aromatic heterocycles. The van der Waals surface area contributed by atoms with Gasteiger partial charge in [0.25, 0.3) is 11.7 Å². The van der Waals surface area contributed by atoms with E-state index in [4.69, 9.17) is 11.6 Å². The highest BCUT2D eigenvalue weighted by Gasteiger charge is 2.31. The smallest absolute Gasteiger partial charge is 0.295 e. The number of H-pyrrole nitrogens is 1. The molecule has 0 saturated carbocycles. The largest absolute Gasteiger partial charge is 0.360 e. The third-order valence-corrected chi connectivity index (χ3v) is 4.68. The van der Waals surface area contributed by atoms with Crippen LogP contribution in [0.15, 0.2) is 24.4 Å². The summed E-state index contributed by atoms with van der Waals surface area (Å²) in [7, 11) is 0. The number of nitrogens with one attached hydrogen (secondary N) is 1. The molecule has 4 nitrogen and oxygen atoms in total. The van der Waals surface area contributed by atoms with Gasteiger partial charge < -0.3 is 9.88 Å². The molecule has 0 aliphatic carbocycles. The molecule has 1 saturated heterocycles. The molecule has 0 spiro atoms. The molecule has 5 heteroatoms. The van der Waals surface area contributed by atoms with Gasteiger partial charge in [-0.05, 0) is 37.8 Å². The Balaban J connectivity index is 1.90. The summed E-state index contributed by atoms with van der Waals surface area (Å²) in [6.45, 7) is 2.74. The number of nitrogens with zero attached hydrogens (tertiary/aromatic N) is 1. The topological polar surface area (TPSA) is 53.2 Å². The first-order valence-electron chi connectivity index (χ1n) is 7.73. The van der Waals surface area contributed by atoms with Crippen LogP contribution in [0.25, 0.3) is 10.9 Å². The van der Waals surface area contributed by atoms with Crippen LogP contribution in [-0.2, 0) is 4.79 Å². The van der Waals surface area contributed by atoms with E-state index in [1.54, 1.807) is 29.3 Å². The number of fused-ring (bicyclic) bond motifs is 1. The first kappa shape index (κ1) is 15.1. The molecule has 1 N–H and O–H groups in total. The van der Waals surface area contributed by atoms with Crippen LogP contribution in [-0.4, -0.2) is 34.2 Å². The summed E-state index contributed by atoms with van der Waals surface area (Å²) in [6.07, 6.45) is 5.58. The highest BCUT2D eigenvalue weighted by Crippen LogP contribution is 2.25. The number of Topliss-reactive ketones (excluding diaryl/α,β-unsaturated/α-hetero) is 1. The second-order valence-electron chi connectivity index (χ2n) is 5.78. The molecule has 1 aliphatic rings. The Morgan fingerprint density at radius 3 is 2.95 bits per heavy atom. The summed E-state index contributed by atoms with van der Waals surface area (Å²) in [5, 5.41) is 1.34. The summed E-state index contributed by atoms with van der Waals surface area (Å²) in [6, 6.07) is 5.45. The number of carbonyl (C=O) groups is 2. The number of aromatic amines is 1. The molecule has 1 fully saturated rings. The van der Waals surface area contributed by atoms with Crippen LogP contribution in [0, 0.1) is 0 Å². The monoisotopic (exact) mass is 318 g/mol. The van der Waals surface area contributed by atoms with Crippen molar-refractivity contribution in [2.75, 3.05) is 6.54 Å². The van der Waals surface area contributed by atoms with Crippen LogP contribution in [0.2, 0.25) is 5.02 Å². The number of hydrogen-bond acceptors (Lipinski definition) is 2. The summed E-state index contributed by atoms with van der Waals surface area (Å²) in [5.41, 5.74) is 1.20. The average Bonchev–Trinajstić information content (AvgIpc) is 2.96. The SMILES string of the molecule is CCC1CCCCN1C(=O)C(=O)c1c[nH]c2cc(Cl)ccc12. The van der Waals surface area contributed by atoms with E-state index in [0.717, 1.165) is 36.6 Å². The number of likely N-dealkylation sites (tertiary alicyclic amines) is 1. The van der Waals surface area contributed by atoms with E-state index in [2.05, 4.69) is 11.9 Å². The molecule has 2 heterocycles. The Kier molecular flexibility index (Phi) is 4.21. The second-order valence-corrected chi connectivity index (χ2v) is 6.21. The lowest BCUT2D eigenvalue weighted by atomic mass is 9.98. The van der Waals surface area contributed by atoms with Crippen LogP contribution in [0.1, 0.15) is 43.0 Å². The van der Waals surface area contributed by atoms with Gasteiger partial charge in [0.1, 0.15) is 0 Å². The summed E-state index contributed by atoms with van der Waals surface area (Å²) >= 11 is 5.95. The number of rotatable bonds is 3. The molecule has 1 unspecified atom stereocenters. The second kappa shape index (κ2) is 6.13. The van der Waals surface area contributed by atoms with E-state index in [1.165, 1.54) is 0 Å². The predicted octanol–water partition coefficient (Wildman–Crippen LogP) is 3.80. The van der Waals surface area contributed by atoms with Crippen molar-refractivity contribution < 1.29 is 9.59 Å². The highest BCUT2D eigenvalue weighted by atomic mass is 35.5. The molecule has 3 rings (SSSR count). The van der Waals surface area contributed by atoms with Gasteiger partial charge in [-0.25, -0.2) is 0 Å². The lowest BCUT2D eigenvalue weighted by molar-refractivity contribution is -0.130. The van der Waals surface area contributed by atoms with Crippen molar-refractivity contribution in [3.8, 4) is 0 Å². The van der Waals surface area contributed by atoms with Crippen molar-refractivity contribution in [2.45, 2.75) is 38.6 Å². The Labute approximate surface area is 134 Å². The third kappa shape index (κ3) is 2.63. The van der Waals surface area contributed by atoms with E-state index in [0.29, 0.717) is 17.1 Å². The minimum atomic E-state index is -0.436. The van der Waals surface area contributed by atoms with Gasteiger partial charge in [-0.2, -0.15) is 0 Å². The normalized spacial score (nSPS) is 18.6. The Hall–Kier alpha value is -1.81. The standard InChI is InChI=1S/C17H19ClN2O2/c1-2-12-5-3-4-8-20(12)17(22)16(21)14-10-19-15-9-11(18)6-7-13(14)15/h6-7,9-10,12,19H,2-5,8H2,1H3. The number of hydrogen-bond donors (Lipinski definition) is 1. The molecule has 2 aromatic rings. The van der Waals surface area contributed by atoms with Crippen molar-refractivity contribution >= 4 is 34.2 Å². The molecular weight excluding hydrogens is 300 g/mol. The van der Waals surface area contributed by atoms with Crippen LogP contribution in [0.3, 0.4) is 0 Å². The summed E-state index contributed by atoms with van der Waals surface area (Å²) < 4.78 is 0. The van der Waals surface area contributed by atoms with Gasteiger partial charge in [0, 0.05) is 34.7 Å². The zero-order chi connectivity index (χ0) is 15.7. The molecule has 22 heavy (non-hydrogen) atoms. The summed E-state index contributed by atoms with van der Waals surface area (Å²) in [4.78, 5) is 30.0.